The SMILES string of the molecule is CN(C)c1ccc(/C=C/C(=O)c2ccc(NC(=O)/C(=C/c3cccc(Br)c3)NC(=O)c3ccccc3)cc2)cc1. The lowest BCUT2D eigenvalue weighted by Crippen LogP contribution is -2.30. The van der Waals surface area contributed by atoms with E-state index in [0.29, 0.717) is 16.8 Å². The number of nitrogens with zero attached hydrogens (tertiary/aromatic N) is 1. The molecular formula is C33H28BrN3O3. The van der Waals surface area contributed by atoms with Crippen LogP contribution >= 0.6 is 15.9 Å². The van der Waals surface area contributed by atoms with E-state index in [2.05, 4.69) is 26.6 Å². The monoisotopic (exact) mass is 593 g/mol. The Hall–Kier alpha value is -4.75. The Bertz CT molecular complexity index is 1560. The molecule has 0 unspecified atom stereocenters. The van der Waals surface area contributed by atoms with Crippen molar-refractivity contribution in [3.63, 3.8) is 0 Å². The molecule has 0 bridgehead atoms. The van der Waals surface area contributed by atoms with E-state index in [4.69, 9.17) is 0 Å². The van der Waals surface area contributed by atoms with Gasteiger partial charge < -0.3 is 15.5 Å². The minimum atomic E-state index is -0.496. The Morgan fingerprint density at radius 1 is 0.750 bits per heavy atom. The molecule has 40 heavy (non-hydrogen) atoms. The van der Waals surface area contributed by atoms with E-state index in [1.54, 1.807) is 60.7 Å². The maximum absolute atomic E-state index is 13.2. The third-order valence-corrected chi connectivity index (χ3v) is 6.45. The maximum atomic E-state index is 13.2. The average molecular weight is 595 g/mol. The first-order chi connectivity index (χ1) is 19.3. The second kappa shape index (κ2) is 13.4. The second-order valence-electron chi connectivity index (χ2n) is 9.15. The topological polar surface area (TPSA) is 78.5 Å². The third-order valence-electron chi connectivity index (χ3n) is 5.95. The summed E-state index contributed by atoms with van der Waals surface area (Å²) in [6.45, 7) is 0. The summed E-state index contributed by atoms with van der Waals surface area (Å²) in [6, 6.07) is 30.5. The van der Waals surface area contributed by atoms with Gasteiger partial charge in [0.2, 0.25) is 0 Å². The van der Waals surface area contributed by atoms with Crippen LogP contribution in [0, 0.1) is 0 Å². The molecule has 0 spiro atoms. The van der Waals surface area contributed by atoms with Crippen LogP contribution in [-0.4, -0.2) is 31.7 Å². The molecule has 7 heteroatoms. The van der Waals surface area contributed by atoms with Crippen LogP contribution in [0.3, 0.4) is 0 Å². The molecule has 0 saturated heterocycles. The van der Waals surface area contributed by atoms with Crippen molar-refractivity contribution in [2.75, 3.05) is 24.3 Å². The van der Waals surface area contributed by atoms with Gasteiger partial charge in [-0.3, -0.25) is 14.4 Å². The zero-order valence-corrected chi connectivity index (χ0v) is 23.7. The minimum Gasteiger partial charge on any atom is -0.378 e. The minimum absolute atomic E-state index is 0.0790. The number of halogens is 1. The number of ketones is 1. The van der Waals surface area contributed by atoms with Gasteiger partial charge in [-0.05, 0) is 83.9 Å². The van der Waals surface area contributed by atoms with Crippen LogP contribution in [0.2, 0.25) is 0 Å². The molecule has 4 aromatic rings. The van der Waals surface area contributed by atoms with E-state index in [1.165, 1.54) is 6.08 Å². The molecule has 2 amide bonds. The third kappa shape index (κ3) is 7.88. The Kier molecular flexibility index (Phi) is 9.44. The van der Waals surface area contributed by atoms with Crippen LogP contribution in [0.4, 0.5) is 11.4 Å². The largest absolute Gasteiger partial charge is 0.378 e. The van der Waals surface area contributed by atoms with Crippen LogP contribution in [0.1, 0.15) is 31.8 Å². The highest BCUT2D eigenvalue weighted by atomic mass is 79.9. The highest BCUT2D eigenvalue weighted by molar-refractivity contribution is 9.10. The smallest absolute Gasteiger partial charge is 0.272 e. The number of nitrogens with one attached hydrogen (secondary N) is 2. The predicted octanol–water partition coefficient (Wildman–Crippen LogP) is 6.82. The number of hydrogen-bond donors (Lipinski definition) is 2. The molecule has 0 fully saturated rings. The van der Waals surface area contributed by atoms with E-state index >= 15 is 0 Å². The summed E-state index contributed by atoms with van der Waals surface area (Å²) in [6.07, 6.45) is 4.90. The van der Waals surface area contributed by atoms with Crippen LogP contribution in [-0.2, 0) is 4.79 Å². The number of rotatable bonds is 9. The number of carbonyl (C=O) groups excluding carboxylic acids is 3. The van der Waals surface area contributed by atoms with Gasteiger partial charge in [0.15, 0.2) is 5.78 Å². The molecule has 200 valence electrons. The normalized spacial score (nSPS) is 11.2. The summed E-state index contributed by atoms with van der Waals surface area (Å²) in [5.74, 6) is -1.05. The second-order valence-corrected chi connectivity index (χ2v) is 10.1. The van der Waals surface area contributed by atoms with Crippen LogP contribution in [0.25, 0.3) is 12.2 Å². The van der Waals surface area contributed by atoms with Crippen molar-refractivity contribution in [3.05, 3.63) is 142 Å². The van der Waals surface area contributed by atoms with Gasteiger partial charge in [0, 0.05) is 41.1 Å². The van der Waals surface area contributed by atoms with Crippen LogP contribution in [0.5, 0.6) is 0 Å². The van der Waals surface area contributed by atoms with Crippen molar-refractivity contribution in [1.82, 2.24) is 5.32 Å². The summed E-state index contributed by atoms with van der Waals surface area (Å²) < 4.78 is 0.843. The molecule has 0 radical (unpaired) electrons. The number of amides is 2. The molecule has 0 aromatic heterocycles. The van der Waals surface area contributed by atoms with E-state index in [9.17, 15) is 14.4 Å². The first-order valence-electron chi connectivity index (χ1n) is 12.5. The first kappa shape index (κ1) is 28.3. The zero-order valence-electron chi connectivity index (χ0n) is 22.1. The molecule has 0 saturated carbocycles. The number of anilines is 2. The van der Waals surface area contributed by atoms with Crippen molar-refractivity contribution in [1.29, 1.82) is 0 Å². The molecule has 0 aliphatic rings. The molecule has 2 N–H and O–H groups in total. The van der Waals surface area contributed by atoms with Crippen molar-refractivity contribution >= 4 is 57.1 Å². The van der Waals surface area contributed by atoms with Gasteiger partial charge in [-0.15, -0.1) is 0 Å². The quantitative estimate of drug-likeness (QED) is 0.165. The standard InChI is InChI=1S/C33H28BrN3O3/c1-37(2)29-18-11-23(12-19-29)13-20-31(38)25-14-16-28(17-15-25)35-33(40)30(22-24-7-6-10-27(34)21-24)36-32(39)26-8-4-3-5-9-26/h3-22H,1-2H3,(H,35,40)(H,36,39)/b20-13+,30-22-. The molecular weight excluding hydrogens is 566 g/mol. The maximum Gasteiger partial charge on any atom is 0.272 e. The van der Waals surface area contributed by atoms with Crippen LogP contribution in [0.15, 0.2) is 119 Å². The van der Waals surface area contributed by atoms with Crippen molar-refractivity contribution < 1.29 is 14.4 Å². The van der Waals surface area contributed by atoms with Crippen molar-refractivity contribution in [2.24, 2.45) is 0 Å². The molecule has 4 aromatic carbocycles. The lowest BCUT2D eigenvalue weighted by molar-refractivity contribution is -0.113. The van der Waals surface area contributed by atoms with Crippen LogP contribution < -0.4 is 15.5 Å². The highest BCUT2D eigenvalue weighted by Crippen LogP contribution is 2.17. The Morgan fingerprint density at radius 3 is 2.10 bits per heavy atom. The lowest BCUT2D eigenvalue weighted by atomic mass is 10.1. The number of allylic oxidation sites excluding steroid dienone is 1. The Labute approximate surface area is 242 Å². The summed E-state index contributed by atoms with van der Waals surface area (Å²) in [7, 11) is 3.95. The summed E-state index contributed by atoms with van der Waals surface area (Å²) in [4.78, 5) is 40.7. The fourth-order valence-corrected chi connectivity index (χ4v) is 4.19. The van der Waals surface area contributed by atoms with E-state index in [1.807, 2.05) is 73.6 Å². The molecule has 6 nitrogen and oxygen atoms in total. The van der Waals surface area contributed by atoms with Gasteiger partial charge in [-0.25, -0.2) is 0 Å². The van der Waals surface area contributed by atoms with Gasteiger partial charge in [-0.1, -0.05) is 64.5 Å². The summed E-state index contributed by atoms with van der Waals surface area (Å²) in [5, 5.41) is 5.53. The molecule has 0 aliphatic heterocycles. The van der Waals surface area contributed by atoms with E-state index in [-0.39, 0.29) is 11.5 Å². The van der Waals surface area contributed by atoms with Gasteiger partial charge >= 0.3 is 0 Å². The average Bonchev–Trinajstić information content (AvgIpc) is 2.96. The number of carbonyl (C=O) groups is 3. The van der Waals surface area contributed by atoms with E-state index < -0.39 is 11.8 Å². The van der Waals surface area contributed by atoms with E-state index in [0.717, 1.165) is 21.3 Å². The Balaban J connectivity index is 1.47. The molecule has 4 rings (SSSR count). The molecule has 0 aliphatic carbocycles. The van der Waals surface area contributed by atoms with Gasteiger partial charge in [-0.2, -0.15) is 0 Å². The fourth-order valence-electron chi connectivity index (χ4n) is 3.77. The fraction of sp³-hybridized carbons (Fsp3) is 0.0606. The van der Waals surface area contributed by atoms with Crippen molar-refractivity contribution in [2.45, 2.75) is 0 Å². The zero-order chi connectivity index (χ0) is 28.5. The molecule has 0 atom stereocenters. The Morgan fingerprint density at radius 2 is 1.45 bits per heavy atom. The first-order valence-corrected chi connectivity index (χ1v) is 13.3. The highest BCUT2D eigenvalue weighted by Gasteiger charge is 2.15. The van der Waals surface area contributed by atoms with Gasteiger partial charge in [0.1, 0.15) is 5.70 Å². The molecule has 0 heterocycles. The summed E-state index contributed by atoms with van der Waals surface area (Å²) >= 11 is 3.43. The number of hydrogen-bond acceptors (Lipinski definition) is 4. The summed E-state index contributed by atoms with van der Waals surface area (Å²) in [5.41, 5.74) is 4.22. The van der Waals surface area contributed by atoms with Crippen molar-refractivity contribution in [3.8, 4) is 0 Å². The van der Waals surface area contributed by atoms with Gasteiger partial charge in [0.05, 0.1) is 0 Å². The number of benzene rings is 4. The van der Waals surface area contributed by atoms with Gasteiger partial charge in [0.25, 0.3) is 11.8 Å². The predicted molar refractivity (Wildman–Crippen MR) is 165 cm³/mol. The lowest BCUT2D eigenvalue weighted by Gasteiger charge is -2.12.